The molecule has 0 aliphatic rings. The molecular weight excluding hydrogens is 224 g/mol. The van der Waals surface area contributed by atoms with Gasteiger partial charge in [-0.15, -0.1) is 0 Å². The standard InChI is InChI=1S/C12H13F2N3/c1-8-10(5-15)6-16-17(8)7-9-4-11(13)2-3-12(9)14/h2-4,6H,5,7,15H2,1H3. The van der Waals surface area contributed by atoms with Crippen molar-refractivity contribution in [1.82, 2.24) is 9.78 Å². The van der Waals surface area contributed by atoms with Crippen LogP contribution in [-0.2, 0) is 13.1 Å². The first kappa shape index (κ1) is 11.7. The van der Waals surface area contributed by atoms with E-state index in [4.69, 9.17) is 5.73 Å². The molecule has 2 rings (SSSR count). The molecule has 17 heavy (non-hydrogen) atoms. The van der Waals surface area contributed by atoms with E-state index in [-0.39, 0.29) is 12.1 Å². The van der Waals surface area contributed by atoms with Crippen molar-refractivity contribution >= 4 is 0 Å². The lowest BCUT2D eigenvalue weighted by Crippen LogP contribution is -2.07. The highest BCUT2D eigenvalue weighted by Crippen LogP contribution is 2.13. The number of rotatable bonds is 3. The van der Waals surface area contributed by atoms with Crippen molar-refractivity contribution in [3.8, 4) is 0 Å². The molecule has 0 amide bonds. The van der Waals surface area contributed by atoms with Crippen molar-refractivity contribution in [1.29, 1.82) is 0 Å². The monoisotopic (exact) mass is 237 g/mol. The number of nitrogens with zero attached hydrogens (tertiary/aromatic N) is 2. The van der Waals surface area contributed by atoms with Crippen molar-refractivity contribution in [2.75, 3.05) is 0 Å². The number of aromatic nitrogens is 2. The van der Waals surface area contributed by atoms with E-state index in [9.17, 15) is 8.78 Å². The Balaban J connectivity index is 2.31. The first-order chi connectivity index (χ1) is 8.11. The van der Waals surface area contributed by atoms with Crippen LogP contribution in [0, 0.1) is 18.6 Å². The SMILES string of the molecule is Cc1c(CN)cnn1Cc1cc(F)ccc1F. The minimum atomic E-state index is -0.453. The van der Waals surface area contributed by atoms with E-state index in [1.165, 1.54) is 6.07 Å². The molecule has 0 bridgehead atoms. The molecule has 1 heterocycles. The van der Waals surface area contributed by atoms with E-state index < -0.39 is 11.6 Å². The molecule has 2 N–H and O–H groups in total. The predicted octanol–water partition coefficient (Wildman–Crippen LogP) is 1.98. The highest BCUT2D eigenvalue weighted by molar-refractivity contribution is 5.21. The summed E-state index contributed by atoms with van der Waals surface area (Å²) < 4.78 is 28.1. The molecule has 0 aliphatic carbocycles. The van der Waals surface area contributed by atoms with Crippen LogP contribution in [-0.4, -0.2) is 9.78 Å². The first-order valence-electron chi connectivity index (χ1n) is 5.27. The van der Waals surface area contributed by atoms with E-state index >= 15 is 0 Å². The predicted molar refractivity (Wildman–Crippen MR) is 60.3 cm³/mol. The summed E-state index contributed by atoms with van der Waals surface area (Å²) in [6, 6.07) is 3.39. The third-order valence-corrected chi connectivity index (χ3v) is 2.75. The Kier molecular flexibility index (Phi) is 3.19. The topological polar surface area (TPSA) is 43.8 Å². The van der Waals surface area contributed by atoms with Gasteiger partial charge < -0.3 is 5.73 Å². The zero-order chi connectivity index (χ0) is 12.4. The molecule has 0 fully saturated rings. The van der Waals surface area contributed by atoms with Crippen molar-refractivity contribution in [3.05, 3.63) is 52.9 Å². The molecule has 2 aromatic rings. The summed E-state index contributed by atoms with van der Waals surface area (Å²) >= 11 is 0. The Morgan fingerprint density at radius 3 is 2.71 bits per heavy atom. The molecule has 0 spiro atoms. The number of hydrogen-bond donors (Lipinski definition) is 1. The second-order valence-electron chi connectivity index (χ2n) is 3.85. The Labute approximate surface area is 97.9 Å². The van der Waals surface area contributed by atoms with Crippen LogP contribution in [0.25, 0.3) is 0 Å². The first-order valence-corrected chi connectivity index (χ1v) is 5.27. The van der Waals surface area contributed by atoms with Gasteiger partial charge in [-0.2, -0.15) is 5.10 Å². The van der Waals surface area contributed by atoms with Gasteiger partial charge >= 0.3 is 0 Å². The lowest BCUT2D eigenvalue weighted by molar-refractivity contribution is 0.562. The van der Waals surface area contributed by atoms with Gasteiger partial charge in [0.2, 0.25) is 0 Å². The summed E-state index contributed by atoms with van der Waals surface area (Å²) in [5, 5.41) is 4.10. The molecule has 0 saturated carbocycles. The molecule has 5 heteroatoms. The minimum Gasteiger partial charge on any atom is -0.326 e. The maximum absolute atomic E-state index is 13.4. The third kappa shape index (κ3) is 2.34. The quantitative estimate of drug-likeness (QED) is 0.887. The van der Waals surface area contributed by atoms with E-state index in [2.05, 4.69) is 5.10 Å². The molecular formula is C12H13F2N3. The molecule has 0 aliphatic heterocycles. The van der Waals surface area contributed by atoms with Gasteiger partial charge in [-0.05, 0) is 25.1 Å². The van der Waals surface area contributed by atoms with E-state index in [0.29, 0.717) is 6.54 Å². The fraction of sp³-hybridized carbons (Fsp3) is 0.250. The molecule has 1 aromatic heterocycles. The summed E-state index contributed by atoms with van der Waals surface area (Å²) in [5.41, 5.74) is 7.58. The average Bonchev–Trinajstić information content (AvgIpc) is 2.65. The summed E-state index contributed by atoms with van der Waals surface area (Å²) in [6.45, 7) is 2.44. The molecule has 0 saturated heterocycles. The molecule has 0 atom stereocenters. The van der Waals surface area contributed by atoms with E-state index in [0.717, 1.165) is 23.4 Å². The Hall–Kier alpha value is -1.75. The van der Waals surface area contributed by atoms with Crippen LogP contribution in [0.3, 0.4) is 0 Å². The number of benzene rings is 1. The van der Waals surface area contributed by atoms with Gasteiger partial charge in [0.1, 0.15) is 11.6 Å². The molecule has 90 valence electrons. The number of nitrogens with two attached hydrogens (primary N) is 1. The van der Waals surface area contributed by atoms with Crippen molar-refractivity contribution in [3.63, 3.8) is 0 Å². The zero-order valence-electron chi connectivity index (χ0n) is 9.45. The lowest BCUT2D eigenvalue weighted by Gasteiger charge is -2.06. The highest BCUT2D eigenvalue weighted by Gasteiger charge is 2.09. The van der Waals surface area contributed by atoms with E-state index in [1.54, 1.807) is 10.9 Å². The fourth-order valence-corrected chi connectivity index (χ4v) is 1.67. The van der Waals surface area contributed by atoms with Gasteiger partial charge in [-0.1, -0.05) is 0 Å². The maximum atomic E-state index is 13.4. The van der Waals surface area contributed by atoms with Crippen LogP contribution >= 0.6 is 0 Å². The summed E-state index contributed by atoms with van der Waals surface area (Å²) in [5.74, 6) is -0.888. The fourth-order valence-electron chi connectivity index (χ4n) is 1.67. The largest absolute Gasteiger partial charge is 0.326 e. The molecule has 1 aromatic carbocycles. The Bertz CT molecular complexity index is 535. The number of halogens is 2. The number of hydrogen-bond acceptors (Lipinski definition) is 2. The van der Waals surface area contributed by atoms with Gasteiger partial charge in [0, 0.05) is 23.4 Å². The van der Waals surface area contributed by atoms with Crippen LogP contribution in [0.2, 0.25) is 0 Å². The minimum absolute atomic E-state index is 0.204. The maximum Gasteiger partial charge on any atom is 0.128 e. The van der Waals surface area contributed by atoms with Crippen LogP contribution in [0.15, 0.2) is 24.4 Å². The van der Waals surface area contributed by atoms with Crippen LogP contribution in [0.5, 0.6) is 0 Å². The van der Waals surface area contributed by atoms with Crippen molar-refractivity contribution in [2.45, 2.75) is 20.0 Å². The molecule has 3 nitrogen and oxygen atoms in total. The lowest BCUT2D eigenvalue weighted by atomic mass is 10.2. The second-order valence-corrected chi connectivity index (χ2v) is 3.85. The summed E-state index contributed by atoms with van der Waals surface area (Å²) in [7, 11) is 0. The van der Waals surface area contributed by atoms with Gasteiger partial charge in [0.15, 0.2) is 0 Å². The summed E-state index contributed by atoms with van der Waals surface area (Å²) in [4.78, 5) is 0. The van der Waals surface area contributed by atoms with Crippen molar-refractivity contribution < 1.29 is 8.78 Å². The van der Waals surface area contributed by atoms with Gasteiger partial charge in [-0.3, -0.25) is 4.68 Å². The van der Waals surface area contributed by atoms with Crippen LogP contribution < -0.4 is 5.73 Å². The zero-order valence-corrected chi connectivity index (χ0v) is 9.45. The smallest absolute Gasteiger partial charge is 0.128 e. The van der Waals surface area contributed by atoms with E-state index in [1.807, 2.05) is 6.92 Å². The van der Waals surface area contributed by atoms with Crippen LogP contribution in [0.4, 0.5) is 8.78 Å². The second kappa shape index (κ2) is 4.63. The van der Waals surface area contributed by atoms with Gasteiger partial charge in [0.05, 0.1) is 12.7 Å². The molecule has 0 radical (unpaired) electrons. The normalized spacial score (nSPS) is 10.8. The summed E-state index contributed by atoms with van der Waals surface area (Å²) in [6.07, 6.45) is 1.65. The Morgan fingerprint density at radius 1 is 1.29 bits per heavy atom. The molecule has 0 unspecified atom stereocenters. The Morgan fingerprint density at radius 2 is 2.06 bits per heavy atom. The van der Waals surface area contributed by atoms with Crippen LogP contribution in [0.1, 0.15) is 16.8 Å². The highest BCUT2D eigenvalue weighted by atomic mass is 19.1. The third-order valence-electron chi connectivity index (χ3n) is 2.75. The van der Waals surface area contributed by atoms with Crippen molar-refractivity contribution in [2.24, 2.45) is 5.73 Å². The average molecular weight is 237 g/mol. The van der Waals surface area contributed by atoms with Gasteiger partial charge in [0.25, 0.3) is 0 Å². The van der Waals surface area contributed by atoms with Gasteiger partial charge in [-0.25, -0.2) is 8.78 Å².